The summed E-state index contributed by atoms with van der Waals surface area (Å²) in [5.41, 5.74) is 2.78. The number of aromatic nitrogens is 2. The van der Waals surface area contributed by atoms with Gasteiger partial charge in [0.2, 0.25) is 0 Å². The SMILES string of the molecule is Cn1ncc(NC(=O)c2ccc(F)cc2)c1-c1ccccc1. The van der Waals surface area contributed by atoms with E-state index >= 15 is 0 Å². The lowest BCUT2D eigenvalue weighted by atomic mass is 10.1. The topological polar surface area (TPSA) is 46.9 Å². The van der Waals surface area contributed by atoms with Crippen molar-refractivity contribution < 1.29 is 9.18 Å². The lowest BCUT2D eigenvalue weighted by Gasteiger charge is -2.08. The molecule has 3 aromatic rings. The molecule has 1 aromatic heterocycles. The summed E-state index contributed by atoms with van der Waals surface area (Å²) in [7, 11) is 1.82. The second-order valence-electron chi connectivity index (χ2n) is 4.86. The Labute approximate surface area is 127 Å². The second kappa shape index (κ2) is 5.81. The molecule has 1 N–H and O–H groups in total. The lowest BCUT2D eigenvalue weighted by molar-refractivity contribution is 0.102. The van der Waals surface area contributed by atoms with Crippen LogP contribution in [-0.2, 0) is 7.05 Å². The number of hydrogen-bond acceptors (Lipinski definition) is 2. The number of hydrogen-bond donors (Lipinski definition) is 1. The Hall–Kier alpha value is -2.95. The van der Waals surface area contributed by atoms with Gasteiger partial charge in [-0.2, -0.15) is 5.10 Å². The van der Waals surface area contributed by atoms with Crippen molar-refractivity contribution in [1.82, 2.24) is 9.78 Å². The average molecular weight is 295 g/mol. The summed E-state index contributed by atoms with van der Waals surface area (Å²) in [6, 6.07) is 15.1. The van der Waals surface area contributed by atoms with E-state index < -0.39 is 0 Å². The van der Waals surface area contributed by atoms with Crippen LogP contribution in [0.15, 0.2) is 60.8 Å². The zero-order valence-corrected chi connectivity index (χ0v) is 12.0. The molecule has 110 valence electrons. The summed E-state index contributed by atoms with van der Waals surface area (Å²) in [6.45, 7) is 0. The smallest absolute Gasteiger partial charge is 0.255 e. The number of rotatable bonds is 3. The first-order valence-electron chi connectivity index (χ1n) is 6.79. The third-order valence-electron chi connectivity index (χ3n) is 3.34. The van der Waals surface area contributed by atoms with Crippen LogP contribution >= 0.6 is 0 Å². The van der Waals surface area contributed by atoms with Gasteiger partial charge in [-0.05, 0) is 24.3 Å². The van der Waals surface area contributed by atoms with Gasteiger partial charge < -0.3 is 5.32 Å². The van der Waals surface area contributed by atoms with Gasteiger partial charge in [0.05, 0.1) is 17.6 Å². The Morgan fingerprint density at radius 2 is 1.77 bits per heavy atom. The average Bonchev–Trinajstić information content (AvgIpc) is 2.89. The maximum Gasteiger partial charge on any atom is 0.255 e. The third-order valence-corrected chi connectivity index (χ3v) is 3.34. The summed E-state index contributed by atoms with van der Waals surface area (Å²) >= 11 is 0. The molecule has 0 spiro atoms. The summed E-state index contributed by atoms with van der Waals surface area (Å²) in [5.74, 6) is -0.673. The van der Waals surface area contributed by atoms with E-state index in [1.165, 1.54) is 24.3 Å². The number of halogens is 1. The van der Waals surface area contributed by atoms with Gasteiger partial charge in [-0.15, -0.1) is 0 Å². The van der Waals surface area contributed by atoms with Gasteiger partial charge in [-0.1, -0.05) is 30.3 Å². The molecular formula is C17H14FN3O. The van der Waals surface area contributed by atoms with Gasteiger partial charge in [0.1, 0.15) is 5.82 Å². The van der Waals surface area contributed by atoms with E-state index in [-0.39, 0.29) is 11.7 Å². The van der Waals surface area contributed by atoms with E-state index in [1.807, 2.05) is 37.4 Å². The van der Waals surface area contributed by atoms with Crippen molar-refractivity contribution >= 4 is 11.6 Å². The molecule has 0 saturated heterocycles. The Morgan fingerprint density at radius 1 is 1.09 bits per heavy atom. The Kier molecular flexibility index (Phi) is 3.70. The molecule has 0 atom stereocenters. The molecule has 5 heteroatoms. The normalized spacial score (nSPS) is 10.5. The minimum atomic E-state index is -0.372. The predicted molar refractivity (Wildman–Crippen MR) is 83.0 cm³/mol. The number of nitrogens with one attached hydrogen (secondary N) is 1. The molecule has 1 amide bonds. The predicted octanol–water partition coefficient (Wildman–Crippen LogP) is 3.48. The summed E-state index contributed by atoms with van der Waals surface area (Å²) in [4.78, 5) is 12.2. The van der Waals surface area contributed by atoms with E-state index in [0.717, 1.165) is 11.3 Å². The number of carbonyl (C=O) groups is 1. The molecule has 0 radical (unpaired) electrons. The standard InChI is InChI=1S/C17H14FN3O/c1-21-16(12-5-3-2-4-6-12)15(11-19-21)20-17(22)13-7-9-14(18)10-8-13/h2-11H,1H3,(H,20,22). The van der Waals surface area contributed by atoms with Crippen molar-refractivity contribution in [2.45, 2.75) is 0 Å². The molecule has 0 aliphatic rings. The summed E-state index contributed by atoms with van der Waals surface area (Å²) in [5, 5.41) is 7.02. The maximum atomic E-state index is 12.9. The van der Waals surface area contributed by atoms with Gasteiger partial charge in [0, 0.05) is 18.2 Å². The largest absolute Gasteiger partial charge is 0.319 e. The van der Waals surface area contributed by atoms with E-state index in [4.69, 9.17) is 0 Å². The van der Waals surface area contributed by atoms with Crippen LogP contribution < -0.4 is 5.32 Å². The van der Waals surface area contributed by atoms with Crippen molar-refractivity contribution in [2.75, 3.05) is 5.32 Å². The van der Waals surface area contributed by atoms with Gasteiger partial charge in [-0.3, -0.25) is 9.48 Å². The molecule has 0 fully saturated rings. The number of benzene rings is 2. The van der Waals surface area contributed by atoms with Crippen LogP contribution in [0.4, 0.5) is 10.1 Å². The monoisotopic (exact) mass is 295 g/mol. The molecule has 2 aromatic carbocycles. The van der Waals surface area contributed by atoms with E-state index in [9.17, 15) is 9.18 Å². The summed E-state index contributed by atoms with van der Waals surface area (Å²) < 4.78 is 14.6. The number of nitrogens with zero attached hydrogens (tertiary/aromatic N) is 2. The fraction of sp³-hybridized carbons (Fsp3) is 0.0588. The number of anilines is 1. The third kappa shape index (κ3) is 2.74. The van der Waals surface area contributed by atoms with E-state index in [1.54, 1.807) is 10.9 Å². The van der Waals surface area contributed by atoms with E-state index in [0.29, 0.717) is 11.3 Å². The fourth-order valence-corrected chi connectivity index (χ4v) is 2.26. The van der Waals surface area contributed by atoms with Gasteiger partial charge >= 0.3 is 0 Å². The second-order valence-corrected chi connectivity index (χ2v) is 4.86. The van der Waals surface area contributed by atoms with Crippen molar-refractivity contribution in [3.63, 3.8) is 0 Å². The molecule has 0 aliphatic carbocycles. The highest BCUT2D eigenvalue weighted by Gasteiger charge is 2.14. The van der Waals surface area contributed by atoms with Crippen LogP contribution in [0, 0.1) is 5.82 Å². The van der Waals surface area contributed by atoms with Crippen LogP contribution in [0.1, 0.15) is 10.4 Å². The van der Waals surface area contributed by atoms with Crippen LogP contribution in [0.25, 0.3) is 11.3 Å². The molecule has 1 heterocycles. The highest BCUT2D eigenvalue weighted by molar-refractivity contribution is 6.05. The minimum absolute atomic E-state index is 0.301. The van der Waals surface area contributed by atoms with Crippen LogP contribution in [0.5, 0.6) is 0 Å². The zero-order valence-electron chi connectivity index (χ0n) is 12.0. The van der Waals surface area contributed by atoms with Gasteiger partial charge in [0.15, 0.2) is 0 Å². The zero-order chi connectivity index (χ0) is 15.5. The molecule has 22 heavy (non-hydrogen) atoms. The quantitative estimate of drug-likeness (QED) is 0.804. The first-order valence-corrected chi connectivity index (χ1v) is 6.79. The first kappa shape index (κ1) is 14.0. The Balaban J connectivity index is 1.90. The molecular weight excluding hydrogens is 281 g/mol. The van der Waals surface area contributed by atoms with Crippen LogP contribution in [-0.4, -0.2) is 15.7 Å². The van der Waals surface area contributed by atoms with Crippen molar-refractivity contribution in [3.05, 3.63) is 72.2 Å². The number of amides is 1. The van der Waals surface area contributed by atoms with Crippen LogP contribution in [0.3, 0.4) is 0 Å². The highest BCUT2D eigenvalue weighted by atomic mass is 19.1. The first-order chi connectivity index (χ1) is 10.6. The molecule has 0 aliphatic heterocycles. The van der Waals surface area contributed by atoms with Gasteiger partial charge in [-0.25, -0.2) is 4.39 Å². The number of aryl methyl sites for hydroxylation is 1. The Bertz CT molecular complexity index is 795. The fourth-order valence-electron chi connectivity index (χ4n) is 2.26. The van der Waals surface area contributed by atoms with Crippen LogP contribution in [0.2, 0.25) is 0 Å². The highest BCUT2D eigenvalue weighted by Crippen LogP contribution is 2.27. The van der Waals surface area contributed by atoms with Crippen molar-refractivity contribution in [3.8, 4) is 11.3 Å². The summed E-state index contributed by atoms with van der Waals surface area (Å²) in [6.07, 6.45) is 1.60. The molecule has 4 nitrogen and oxygen atoms in total. The molecule has 0 bridgehead atoms. The molecule has 3 rings (SSSR count). The lowest BCUT2D eigenvalue weighted by Crippen LogP contribution is -2.12. The number of carbonyl (C=O) groups excluding carboxylic acids is 1. The van der Waals surface area contributed by atoms with Gasteiger partial charge in [0.25, 0.3) is 5.91 Å². The Morgan fingerprint density at radius 3 is 2.45 bits per heavy atom. The van der Waals surface area contributed by atoms with E-state index in [2.05, 4.69) is 10.4 Å². The van der Waals surface area contributed by atoms with Crippen molar-refractivity contribution in [1.29, 1.82) is 0 Å². The molecule has 0 unspecified atom stereocenters. The maximum absolute atomic E-state index is 12.9. The minimum Gasteiger partial charge on any atom is -0.319 e. The molecule has 0 saturated carbocycles. The van der Waals surface area contributed by atoms with Crippen molar-refractivity contribution in [2.24, 2.45) is 7.05 Å².